The van der Waals surface area contributed by atoms with Crippen LogP contribution >= 0.6 is 11.6 Å². The number of carboxylic acid groups (broad SMARTS) is 1. The van der Waals surface area contributed by atoms with Gasteiger partial charge >= 0.3 is 5.97 Å². The Bertz CT molecular complexity index is 547. The summed E-state index contributed by atoms with van der Waals surface area (Å²) < 4.78 is 4.81. The van der Waals surface area contributed by atoms with Crippen molar-refractivity contribution in [1.29, 1.82) is 0 Å². The number of halogens is 1. The van der Waals surface area contributed by atoms with Gasteiger partial charge in [0.1, 0.15) is 6.61 Å². The zero-order chi connectivity index (χ0) is 17.2. The number of carbonyl (C=O) groups excluding carboxylic acids is 2. The van der Waals surface area contributed by atoms with Crippen molar-refractivity contribution in [3.63, 3.8) is 0 Å². The molecule has 0 aliphatic rings. The van der Waals surface area contributed by atoms with E-state index in [0.717, 1.165) is 5.56 Å². The molecule has 0 aliphatic carbocycles. The Balaban J connectivity index is 2.49. The number of carboxylic acids is 1. The minimum absolute atomic E-state index is 0.0557. The number of hydrogen-bond donors (Lipinski definition) is 3. The average molecular weight is 343 g/mol. The molecule has 3 N–H and O–H groups in total. The maximum absolute atomic E-state index is 11.9. The summed E-state index contributed by atoms with van der Waals surface area (Å²) in [5.74, 6) is -1.59. The van der Waals surface area contributed by atoms with Gasteiger partial charge in [-0.1, -0.05) is 23.7 Å². The molecule has 0 saturated carbocycles. The Labute approximate surface area is 139 Å². The normalized spacial score (nSPS) is 11.6. The highest BCUT2D eigenvalue weighted by Gasteiger charge is 2.16. The Hall–Kier alpha value is -2.12. The van der Waals surface area contributed by atoms with Gasteiger partial charge in [-0.25, -0.2) is 4.79 Å². The molecular formula is C15H19ClN2O5. The molecule has 0 aliphatic heterocycles. The molecule has 1 rings (SSSR count). The minimum Gasteiger partial charge on any atom is -0.480 e. The van der Waals surface area contributed by atoms with E-state index in [0.29, 0.717) is 5.02 Å². The third kappa shape index (κ3) is 8.18. The van der Waals surface area contributed by atoms with Crippen molar-refractivity contribution in [1.82, 2.24) is 10.6 Å². The molecule has 0 radical (unpaired) electrons. The van der Waals surface area contributed by atoms with Crippen molar-refractivity contribution >= 4 is 29.4 Å². The van der Waals surface area contributed by atoms with E-state index >= 15 is 0 Å². The van der Waals surface area contributed by atoms with Crippen LogP contribution < -0.4 is 10.6 Å². The molecule has 8 heteroatoms. The van der Waals surface area contributed by atoms with E-state index in [1.54, 1.807) is 24.3 Å². The molecule has 23 heavy (non-hydrogen) atoms. The average Bonchev–Trinajstić information content (AvgIpc) is 2.46. The lowest BCUT2D eigenvalue weighted by molar-refractivity contribution is -0.142. The number of aliphatic carboxylic acids is 1. The molecule has 7 nitrogen and oxygen atoms in total. The van der Waals surface area contributed by atoms with E-state index < -0.39 is 18.6 Å². The predicted octanol–water partition coefficient (Wildman–Crippen LogP) is 1.12. The molecule has 1 aromatic rings. The molecule has 1 unspecified atom stereocenters. The third-order valence-corrected chi connectivity index (χ3v) is 3.09. The van der Waals surface area contributed by atoms with E-state index in [9.17, 15) is 14.4 Å². The van der Waals surface area contributed by atoms with Crippen molar-refractivity contribution in [3.8, 4) is 0 Å². The molecule has 1 atom stereocenters. The summed E-state index contributed by atoms with van der Waals surface area (Å²) in [5.41, 5.74) is 0.766. The fourth-order valence-corrected chi connectivity index (χ4v) is 2.00. The van der Waals surface area contributed by atoms with E-state index in [1.807, 2.05) is 0 Å². The number of ether oxygens (including phenoxy) is 1. The van der Waals surface area contributed by atoms with Crippen LogP contribution in [0.1, 0.15) is 24.9 Å². The monoisotopic (exact) mass is 342 g/mol. The second-order valence-corrected chi connectivity index (χ2v) is 5.24. The second kappa shape index (κ2) is 9.81. The Morgan fingerprint density at radius 1 is 1.26 bits per heavy atom. The number of nitrogens with one attached hydrogen (secondary N) is 2. The number of benzene rings is 1. The summed E-state index contributed by atoms with van der Waals surface area (Å²) >= 11 is 5.83. The molecule has 0 bridgehead atoms. The SMILES string of the molecule is CC(=O)NC(CC(=O)NCCOCC(=O)O)c1ccc(Cl)cc1. The Morgan fingerprint density at radius 3 is 2.48 bits per heavy atom. The van der Waals surface area contributed by atoms with Gasteiger partial charge in [-0.15, -0.1) is 0 Å². The van der Waals surface area contributed by atoms with Crippen LogP contribution in [-0.2, 0) is 19.1 Å². The summed E-state index contributed by atoms with van der Waals surface area (Å²) in [5, 5.41) is 14.3. The van der Waals surface area contributed by atoms with Gasteiger partial charge in [0.25, 0.3) is 0 Å². The number of hydrogen-bond acceptors (Lipinski definition) is 4. The highest BCUT2D eigenvalue weighted by Crippen LogP contribution is 2.19. The summed E-state index contributed by atoms with van der Waals surface area (Å²) in [6, 6.07) is 6.38. The van der Waals surface area contributed by atoms with Crippen molar-refractivity contribution < 1.29 is 24.2 Å². The van der Waals surface area contributed by atoms with Crippen molar-refractivity contribution in [3.05, 3.63) is 34.9 Å². The summed E-state index contributed by atoms with van der Waals surface area (Å²) in [6.07, 6.45) is 0.0557. The van der Waals surface area contributed by atoms with Crippen LogP contribution in [0, 0.1) is 0 Å². The Kier molecular flexibility index (Phi) is 8.07. The van der Waals surface area contributed by atoms with Gasteiger partial charge in [0.05, 0.1) is 19.1 Å². The summed E-state index contributed by atoms with van der Waals surface area (Å²) in [6.45, 7) is 1.26. The highest BCUT2D eigenvalue weighted by atomic mass is 35.5. The lowest BCUT2D eigenvalue weighted by Gasteiger charge is -2.18. The molecule has 0 saturated heterocycles. The lowest BCUT2D eigenvalue weighted by Crippen LogP contribution is -2.34. The second-order valence-electron chi connectivity index (χ2n) is 4.81. The van der Waals surface area contributed by atoms with Gasteiger partial charge in [0, 0.05) is 18.5 Å². The first-order valence-electron chi connectivity index (χ1n) is 6.97. The van der Waals surface area contributed by atoms with Crippen LogP contribution in [0.2, 0.25) is 5.02 Å². The van der Waals surface area contributed by atoms with Crippen molar-refractivity contribution in [2.45, 2.75) is 19.4 Å². The summed E-state index contributed by atoms with van der Waals surface area (Å²) in [4.78, 5) is 33.5. The van der Waals surface area contributed by atoms with Gasteiger partial charge in [-0.3, -0.25) is 9.59 Å². The minimum atomic E-state index is -1.07. The highest BCUT2D eigenvalue weighted by molar-refractivity contribution is 6.30. The largest absolute Gasteiger partial charge is 0.480 e. The van der Waals surface area contributed by atoms with Gasteiger partial charge < -0.3 is 20.5 Å². The standard InChI is InChI=1S/C15H19ClN2O5/c1-10(19)18-13(11-2-4-12(16)5-3-11)8-14(20)17-6-7-23-9-15(21)22/h2-5,13H,6-9H2,1H3,(H,17,20)(H,18,19)(H,21,22). The smallest absolute Gasteiger partial charge is 0.329 e. The van der Waals surface area contributed by atoms with Crippen LogP contribution in [0.3, 0.4) is 0 Å². The fourth-order valence-electron chi connectivity index (χ4n) is 1.87. The van der Waals surface area contributed by atoms with E-state index in [-0.39, 0.29) is 31.4 Å². The molecule has 0 aromatic heterocycles. The van der Waals surface area contributed by atoms with Crippen LogP contribution in [0.5, 0.6) is 0 Å². The molecule has 1 aromatic carbocycles. The first-order valence-corrected chi connectivity index (χ1v) is 7.35. The zero-order valence-electron chi connectivity index (χ0n) is 12.7. The van der Waals surface area contributed by atoms with Crippen LogP contribution in [0.25, 0.3) is 0 Å². The molecule has 0 spiro atoms. The third-order valence-electron chi connectivity index (χ3n) is 2.83. The van der Waals surface area contributed by atoms with Crippen molar-refractivity contribution in [2.24, 2.45) is 0 Å². The topological polar surface area (TPSA) is 105 Å². The quantitative estimate of drug-likeness (QED) is 0.583. The molecule has 2 amide bonds. The van der Waals surface area contributed by atoms with Gasteiger partial charge in [-0.2, -0.15) is 0 Å². The first-order chi connectivity index (χ1) is 10.9. The number of amides is 2. The van der Waals surface area contributed by atoms with Gasteiger partial charge in [0.15, 0.2) is 0 Å². The van der Waals surface area contributed by atoms with E-state index in [1.165, 1.54) is 6.92 Å². The summed E-state index contributed by atoms with van der Waals surface area (Å²) in [7, 11) is 0. The van der Waals surface area contributed by atoms with Crippen LogP contribution in [0.4, 0.5) is 0 Å². The van der Waals surface area contributed by atoms with E-state index in [2.05, 4.69) is 10.6 Å². The Morgan fingerprint density at radius 2 is 1.91 bits per heavy atom. The molecule has 0 heterocycles. The molecule has 0 fully saturated rings. The van der Waals surface area contributed by atoms with E-state index in [4.69, 9.17) is 21.4 Å². The van der Waals surface area contributed by atoms with Crippen molar-refractivity contribution in [2.75, 3.05) is 19.8 Å². The lowest BCUT2D eigenvalue weighted by atomic mass is 10.0. The fraction of sp³-hybridized carbons (Fsp3) is 0.400. The number of rotatable bonds is 9. The maximum Gasteiger partial charge on any atom is 0.329 e. The molecular weight excluding hydrogens is 324 g/mol. The van der Waals surface area contributed by atoms with Crippen LogP contribution in [-0.4, -0.2) is 42.6 Å². The molecule has 126 valence electrons. The maximum atomic E-state index is 11.9. The predicted molar refractivity (Wildman–Crippen MR) is 84.1 cm³/mol. The zero-order valence-corrected chi connectivity index (χ0v) is 13.4. The first kappa shape index (κ1) is 18.9. The van der Waals surface area contributed by atoms with Gasteiger partial charge in [-0.05, 0) is 17.7 Å². The van der Waals surface area contributed by atoms with Crippen LogP contribution in [0.15, 0.2) is 24.3 Å². The van der Waals surface area contributed by atoms with Gasteiger partial charge in [0.2, 0.25) is 11.8 Å². The number of carbonyl (C=O) groups is 3.